The molecule has 0 unspecified atom stereocenters. The Morgan fingerprint density at radius 3 is 2.73 bits per heavy atom. The van der Waals surface area contributed by atoms with E-state index in [1.54, 1.807) is 11.8 Å². The van der Waals surface area contributed by atoms with Crippen LogP contribution in [-0.4, -0.2) is 34.7 Å². The van der Waals surface area contributed by atoms with Crippen molar-refractivity contribution in [1.29, 1.82) is 0 Å². The van der Waals surface area contributed by atoms with Crippen LogP contribution in [-0.2, 0) is 10.4 Å². The molecule has 0 aliphatic carbocycles. The van der Waals surface area contributed by atoms with Crippen LogP contribution in [0.1, 0.15) is 30.8 Å². The third-order valence-corrected chi connectivity index (χ3v) is 4.98. The zero-order valence-electron chi connectivity index (χ0n) is 12.1. The van der Waals surface area contributed by atoms with E-state index in [-0.39, 0.29) is 11.0 Å². The van der Waals surface area contributed by atoms with Gasteiger partial charge in [0.1, 0.15) is 11.5 Å². The molecule has 2 rings (SSSR count). The minimum absolute atomic E-state index is 0.230. The van der Waals surface area contributed by atoms with Crippen LogP contribution in [0.25, 0.3) is 0 Å². The van der Waals surface area contributed by atoms with Crippen molar-refractivity contribution in [3.63, 3.8) is 0 Å². The number of hydrogen-bond donors (Lipinski definition) is 2. The molecular weight excluding hydrogens is 319 g/mol. The Morgan fingerprint density at radius 2 is 2.23 bits per heavy atom. The molecule has 0 radical (unpaired) electrons. The van der Waals surface area contributed by atoms with Crippen LogP contribution < -0.4 is 5.32 Å². The first-order chi connectivity index (χ1) is 10.2. The second kappa shape index (κ2) is 6.54. The largest absolute Gasteiger partial charge is 0.463 e. The fourth-order valence-electron chi connectivity index (χ4n) is 2.31. The van der Waals surface area contributed by atoms with E-state index in [2.05, 4.69) is 5.32 Å². The normalized spacial score (nSPS) is 21.6. The molecule has 1 amide bonds. The van der Waals surface area contributed by atoms with Crippen molar-refractivity contribution in [2.24, 2.45) is 0 Å². The van der Waals surface area contributed by atoms with E-state index in [1.165, 1.54) is 13.0 Å². The van der Waals surface area contributed by atoms with Crippen LogP contribution in [0.15, 0.2) is 16.5 Å². The highest BCUT2D eigenvalue weighted by atomic mass is 32.2. The molecule has 0 aromatic carbocycles. The van der Waals surface area contributed by atoms with Gasteiger partial charge in [-0.2, -0.15) is 24.9 Å². The maximum atomic E-state index is 13.2. The van der Waals surface area contributed by atoms with Crippen molar-refractivity contribution < 1.29 is 27.5 Å². The average molecular weight is 337 g/mol. The molecule has 0 bridgehead atoms. The average Bonchev–Trinajstić information content (AvgIpc) is 3.06. The van der Waals surface area contributed by atoms with E-state index in [0.717, 1.165) is 24.7 Å². The molecule has 1 saturated heterocycles. The Balaban J connectivity index is 2.05. The number of carbonyl (C=O) groups is 1. The smallest absolute Gasteiger partial charge is 0.425 e. The zero-order valence-corrected chi connectivity index (χ0v) is 12.9. The molecule has 8 heteroatoms. The van der Waals surface area contributed by atoms with Crippen LogP contribution in [0.2, 0.25) is 0 Å². The van der Waals surface area contributed by atoms with Gasteiger partial charge in [-0.3, -0.25) is 4.79 Å². The molecule has 1 fully saturated rings. The fraction of sp³-hybridized carbons (Fsp3) is 0.643. The second-order valence-corrected chi connectivity index (χ2v) is 6.79. The van der Waals surface area contributed by atoms with Crippen LogP contribution in [0.3, 0.4) is 0 Å². The van der Waals surface area contributed by atoms with Gasteiger partial charge in [-0.05, 0) is 37.7 Å². The monoisotopic (exact) mass is 337 g/mol. The summed E-state index contributed by atoms with van der Waals surface area (Å²) in [6, 6.07) is 2.36. The van der Waals surface area contributed by atoms with Gasteiger partial charge in [0, 0.05) is 11.8 Å². The maximum Gasteiger partial charge on any atom is 0.425 e. The van der Waals surface area contributed by atoms with Crippen molar-refractivity contribution >= 4 is 17.7 Å². The highest BCUT2D eigenvalue weighted by Crippen LogP contribution is 2.42. The predicted octanol–water partition coefficient (Wildman–Crippen LogP) is 2.74. The topological polar surface area (TPSA) is 62.5 Å². The molecule has 1 aromatic rings. The number of amides is 1. The molecule has 2 atom stereocenters. The Hall–Kier alpha value is -1.15. The molecule has 0 spiro atoms. The summed E-state index contributed by atoms with van der Waals surface area (Å²) in [5.74, 6) is -0.275. The molecule has 2 N–H and O–H groups in total. The first kappa shape index (κ1) is 17.2. The van der Waals surface area contributed by atoms with Gasteiger partial charge in [0.05, 0.1) is 6.42 Å². The lowest BCUT2D eigenvalue weighted by atomic mass is 9.95. The number of halogens is 3. The summed E-state index contributed by atoms with van der Waals surface area (Å²) in [6.07, 6.45) is -4.13. The van der Waals surface area contributed by atoms with Crippen LogP contribution in [0.4, 0.5) is 13.2 Å². The van der Waals surface area contributed by atoms with Gasteiger partial charge in [0.2, 0.25) is 11.5 Å². The van der Waals surface area contributed by atoms with Gasteiger partial charge in [-0.25, -0.2) is 0 Å². The zero-order chi connectivity index (χ0) is 16.4. The Bertz CT molecular complexity index is 526. The molecule has 1 aliphatic heterocycles. The van der Waals surface area contributed by atoms with Crippen molar-refractivity contribution in [3.8, 4) is 0 Å². The Morgan fingerprint density at radius 1 is 1.50 bits per heavy atom. The van der Waals surface area contributed by atoms with Crippen molar-refractivity contribution in [2.75, 3.05) is 12.3 Å². The molecule has 2 heterocycles. The number of thioether (sulfide) groups is 1. The van der Waals surface area contributed by atoms with E-state index in [0.29, 0.717) is 6.54 Å². The number of alkyl halides is 3. The molecule has 1 aliphatic rings. The summed E-state index contributed by atoms with van der Waals surface area (Å²) in [4.78, 5) is 11.8. The molecule has 1 aromatic heterocycles. The molecule has 22 heavy (non-hydrogen) atoms. The van der Waals surface area contributed by atoms with Crippen LogP contribution in [0.5, 0.6) is 0 Å². The van der Waals surface area contributed by atoms with Crippen molar-refractivity contribution in [3.05, 3.63) is 23.7 Å². The van der Waals surface area contributed by atoms with Crippen molar-refractivity contribution in [1.82, 2.24) is 5.32 Å². The van der Waals surface area contributed by atoms with Gasteiger partial charge >= 0.3 is 6.18 Å². The number of furan rings is 1. The summed E-state index contributed by atoms with van der Waals surface area (Å²) in [5.41, 5.74) is -3.31. The number of hydrogen-bond acceptors (Lipinski definition) is 4. The number of rotatable bonds is 5. The molecule has 124 valence electrons. The van der Waals surface area contributed by atoms with Crippen molar-refractivity contribution in [2.45, 2.75) is 43.2 Å². The number of nitrogens with one attached hydrogen (secondary N) is 1. The SMILES string of the molecule is Cc1ccc([C@](O)(CC(=O)NC[C@@H]2CCCS2)C(F)(F)F)o1. The third-order valence-electron chi connectivity index (χ3n) is 3.58. The first-order valence-corrected chi connectivity index (χ1v) is 8.01. The van der Waals surface area contributed by atoms with Gasteiger partial charge in [-0.1, -0.05) is 0 Å². The molecular formula is C14H18F3NO3S. The lowest BCUT2D eigenvalue weighted by Gasteiger charge is -2.28. The third kappa shape index (κ3) is 3.78. The van der Waals surface area contributed by atoms with Gasteiger partial charge < -0.3 is 14.8 Å². The minimum atomic E-state index is -5.00. The highest BCUT2D eigenvalue weighted by molar-refractivity contribution is 8.00. The standard InChI is InChI=1S/C14H18F3NO3S/c1-9-4-5-11(21-9)13(20,14(15,16)17)7-12(19)18-8-10-3-2-6-22-10/h4-5,10,20H,2-3,6-8H2,1H3,(H,18,19)/t10-,13+/m0/s1. The molecule has 4 nitrogen and oxygen atoms in total. The second-order valence-electron chi connectivity index (χ2n) is 5.38. The fourth-order valence-corrected chi connectivity index (χ4v) is 3.51. The van der Waals surface area contributed by atoms with Gasteiger partial charge in [-0.15, -0.1) is 0 Å². The van der Waals surface area contributed by atoms with E-state index in [9.17, 15) is 23.1 Å². The summed E-state index contributed by atoms with van der Waals surface area (Å²) in [7, 11) is 0. The van der Waals surface area contributed by atoms with E-state index in [4.69, 9.17) is 4.42 Å². The maximum absolute atomic E-state index is 13.2. The number of carbonyl (C=O) groups excluding carboxylic acids is 1. The summed E-state index contributed by atoms with van der Waals surface area (Å²) in [5, 5.41) is 12.7. The van der Waals surface area contributed by atoms with Crippen LogP contribution in [0, 0.1) is 6.92 Å². The van der Waals surface area contributed by atoms with Crippen LogP contribution >= 0.6 is 11.8 Å². The number of aryl methyl sites for hydroxylation is 1. The number of aliphatic hydroxyl groups is 1. The lowest BCUT2D eigenvalue weighted by molar-refractivity contribution is -0.273. The summed E-state index contributed by atoms with van der Waals surface area (Å²) in [6.45, 7) is 1.78. The summed E-state index contributed by atoms with van der Waals surface area (Å²) < 4.78 is 44.5. The minimum Gasteiger partial charge on any atom is -0.463 e. The quantitative estimate of drug-likeness (QED) is 0.867. The van der Waals surface area contributed by atoms with E-state index >= 15 is 0 Å². The van der Waals surface area contributed by atoms with E-state index < -0.39 is 29.9 Å². The first-order valence-electron chi connectivity index (χ1n) is 6.97. The summed E-state index contributed by atoms with van der Waals surface area (Å²) >= 11 is 1.69. The Kier molecular flexibility index (Phi) is 5.11. The predicted molar refractivity (Wildman–Crippen MR) is 76.5 cm³/mol. The van der Waals surface area contributed by atoms with E-state index in [1.807, 2.05) is 0 Å². The van der Waals surface area contributed by atoms with Gasteiger partial charge in [0.15, 0.2) is 0 Å². The Labute approximate surface area is 130 Å². The highest BCUT2D eigenvalue weighted by Gasteiger charge is 2.58. The lowest BCUT2D eigenvalue weighted by Crippen LogP contribution is -2.46. The molecule has 0 saturated carbocycles. The van der Waals surface area contributed by atoms with Gasteiger partial charge in [0.25, 0.3) is 0 Å².